The summed E-state index contributed by atoms with van der Waals surface area (Å²) in [6.07, 6.45) is 1.10. The van der Waals surface area contributed by atoms with Crippen molar-refractivity contribution < 1.29 is 9.90 Å². The molecule has 5 heteroatoms. The number of anilines is 3. The number of nitrogens with one attached hydrogen (secondary N) is 1. The lowest BCUT2D eigenvalue weighted by molar-refractivity contribution is -0.115. The number of benzene rings is 1. The second-order valence-electron chi connectivity index (χ2n) is 4.29. The van der Waals surface area contributed by atoms with Crippen LogP contribution in [0.3, 0.4) is 0 Å². The summed E-state index contributed by atoms with van der Waals surface area (Å²) in [4.78, 5) is 13.2. The SMILES string of the molecule is CN(CCCO)c1cc2c(cc1N)CC(=O)N2. The topological polar surface area (TPSA) is 78.6 Å². The monoisotopic (exact) mass is 235 g/mol. The summed E-state index contributed by atoms with van der Waals surface area (Å²) < 4.78 is 0. The molecule has 1 aliphatic rings. The molecule has 0 aliphatic carbocycles. The number of aliphatic hydroxyl groups excluding tert-OH is 1. The number of hydrogen-bond donors (Lipinski definition) is 3. The Bertz CT molecular complexity index is 446. The largest absolute Gasteiger partial charge is 0.397 e. The smallest absolute Gasteiger partial charge is 0.228 e. The van der Waals surface area contributed by atoms with Crippen LogP contribution >= 0.6 is 0 Å². The summed E-state index contributed by atoms with van der Waals surface area (Å²) in [6.45, 7) is 0.888. The lowest BCUT2D eigenvalue weighted by Crippen LogP contribution is -2.20. The van der Waals surface area contributed by atoms with Gasteiger partial charge in [0.2, 0.25) is 5.91 Å². The normalized spacial score (nSPS) is 13.4. The molecular weight excluding hydrogens is 218 g/mol. The minimum atomic E-state index is 0.00885. The van der Waals surface area contributed by atoms with E-state index in [2.05, 4.69) is 5.32 Å². The van der Waals surface area contributed by atoms with Crippen LogP contribution < -0.4 is 16.0 Å². The molecule has 1 aromatic rings. The Balaban J connectivity index is 2.24. The van der Waals surface area contributed by atoms with Crippen LogP contribution in [0.4, 0.5) is 17.1 Å². The van der Waals surface area contributed by atoms with Crippen molar-refractivity contribution in [2.24, 2.45) is 0 Å². The molecule has 0 aromatic heterocycles. The van der Waals surface area contributed by atoms with Gasteiger partial charge in [0.1, 0.15) is 0 Å². The third-order valence-corrected chi connectivity index (χ3v) is 2.94. The van der Waals surface area contributed by atoms with Crippen LogP contribution in [0.5, 0.6) is 0 Å². The Morgan fingerprint density at radius 2 is 2.29 bits per heavy atom. The van der Waals surface area contributed by atoms with Gasteiger partial charge in [-0.3, -0.25) is 4.79 Å². The van der Waals surface area contributed by atoms with E-state index in [9.17, 15) is 4.79 Å². The number of amides is 1. The molecule has 0 fully saturated rings. The summed E-state index contributed by atoms with van der Waals surface area (Å²) in [5, 5.41) is 11.6. The van der Waals surface area contributed by atoms with Crippen LogP contribution in [0.2, 0.25) is 0 Å². The third-order valence-electron chi connectivity index (χ3n) is 2.94. The highest BCUT2D eigenvalue weighted by atomic mass is 16.3. The Morgan fingerprint density at radius 3 is 3.00 bits per heavy atom. The Kier molecular flexibility index (Phi) is 3.19. The molecule has 1 aliphatic heterocycles. The van der Waals surface area contributed by atoms with Gasteiger partial charge in [0.25, 0.3) is 0 Å². The van der Waals surface area contributed by atoms with E-state index in [1.54, 1.807) is 0 Å². The van der Waals surface area contributed by atoms with Crippen LogP contribution in [0.1, 0.15) is 12.0 Å². The van der Waals surface area contributed by atoms with Gasteiger partial charge in [-0.2, -0.15) is 0 Å². The average molecular weight is 235 g/mol. The molecule has 1 heterocycles. The predicted molar refractivity (Wildman–Crippen MR) is 68.2 cm³/mol. The van der Waals surface area contributed by atoms with Gasteiger partial charge in [-0.05, 0) is 24.1 Å². The first-order valence-corrected chi connectivity index (χ1v) is 5.66. The van der Waals surface area contributed by atoms with Crippen molar-refractivity contribution in [3.05, 3.63) is 17.7 Å². The maximum atomic E-state index is 11.3. The molecule has 17 heavy (non-hydrogen) atoms. The molecule has 5 nitrogen and oxygen atoms in total. The van der Waals surface area contributed by atoms with E-state index >= 15 is 0 Å². The molecular formula is C12H17N3O2. The average Bonchev–Trinajstić information content (AvgIpc) is 2.64. The quantitative estimate of drug-likeness (QED) is 0.667. The molecule has 0 bridgehead atoms. The predicted octanol–water partition coefficient (Wildman–Crippen LogP) is 0.582. The van der Waals surface area contributed by atoms with Gasteiger partial charge in [-0.25, -0.2) is 0 Å². The first-order chi connectivity index (χ1) is 8.11. The van der Waals surface area contributed by atoms with Gasteiger partial charge < -0.3 is 21.1 Å². The number of nitrogen functional groups attached to an aromatic ring is 1. The van der Waals surface area contributed by atoms with Crippen LogP contribution in [-0.4, -0.2) is 31.2 Å². The van der Waals surface area contributed by atoms with E-state index in [1.807, 2.05) is 24.1 Å². The molecule has 1 amide bonds. The van der Waals surface area contributed by atoms with E-state index in [1.165, 1.54) is 0 Å². The van der Waals surface area contributed by atoms with E-state index in [4.69, 9.17) is 10.8 Å². The lowest BCUT2D eigenvalue weighted by Gasteiger charge is -2.21. The molecule has 92 valence electrons. The summed E-state index contributed by atoms with van der Waals surface area (Å²) in [6, 6.07) is 3.74. The zero-order chi connectivity index (χ0) is 12.4. The van der Waals surface area contributed by atoms with E-state index < -0.39 is 0 Å². The van der Waals surface area contributed by atoms with Crippen LogP contribution in [0.15, 0.2) is 12.1 Å². The number of nitrogens with zero attached hydrogens (tertiary/aromatic N) is 1. The van der Waals surface area contributed by atoms with Crippen LogP contribution in [-0.2, 0) is 11.2 Å². The fourth-order valence-electron chi connectivity index (χ4n) is 2.04. The summed E-state index contributed by atoms with van der Waals surface area (Å²) >= 11 is 0. The van der Waals surface area contributed by atoms with Crippen molar-refractivity contribution in [3.8, 4) is 0 Å². The van der Waals surface area contributed by atoms with Gasteiger partial charge in [-0.15, -0.1) is 0 Å². The Hall–Kier alpha value is -1.75. The Labute approximate surface area is 100 Å². The Morgan fingerprint density at radius 1 is 1.53 bits per heavy atom. The minimum Gasteiger partial charge on any atom is -0.397 e. The fourth-order valence-corrected chi connectivity index (χ4v) is 2.04. The number of rotatable bonds is 4. The van der Waals surface area contributed by atoms with E-state index in [-0.39, 0.29) is 12.5 Å². The summed E-state index contributed by atoms with van der Waals surface area (Å²) in [5.41, 5.74) is 9.32. The van der Waals surface area contributed by atoms with Crippen molar-refractivity contribution in [1.82, 2.24) is 0 Å². The van der Waals surface area contributed by atoms with Crippen molar-refractivity contribution >= 4 is 23.0 Å². The molecule has 0 saturated heterocycles. The third kappa shape index (κ3) is 2.34. The van der Waals surface area contributed by atoms with Gasteiger partial charge in [0.05, 0.1) is 17.8 Å². The highest BCUT2D eigenvalue weighted by Gasteiger charge is 2.20. The van der Waals surface area contributed by atoms with E-state index in [0.717, 1.165) is 23.5 Å². The van der Waals surface area contributed by atoms with E-state index in [0.29, 0.717) is 18.5 Å². The summed E-state index contributed by atoms with van der Waals surface area (Å²) in [5.74, 6) is 0.00885. The van der Waals surface area contributed by atoms with Gasteiger partial charge in [0, 0.05) is 25.9 Å². The lowest BCUT2D eigenvalue weighted by atomic mass is 10.1. The van der Waals surface area contributed by atoms with Crippen LogP contribution in [0, 0.1) is 0 Å². The van der Waals surface area contributed by atoms with Crippen molar-refractivity contribution in [2.75, 3.05) is 36.1 Å². The van der Waals surface area contributed by atoms with Gasteiger partial charge in [0.15, 0.2) is 0 Å². The number of fused-ring (bicyclic) bond motifs is 1. The molecule has 0 saturated carbocycles. The molecule has 0 spiro atoms. The zero-order valence-corrected chi connectivity index (χ0v) is 9.86. The van der Waals surface area contributed by atoms with Crippen molar-refractivity contribution in [1.29, 1.82) is 0 Å². The number of hydrogen-bond acceptors (Lipinski definition) is 4. The first kappa shape index (κ1) is 11.7. The summed E-state index contributed by atoms with van der Waals surface area (Å²) in [7, 11) is 1.92. The standard InChI is InChI=1S/C12H17N3O2/c1-15(3-2-4-16)11-7-10-8(5-9(11)13)6-12(17)14-10/h5,7,16H,2-4,6,13H2,1H3,(H,14,17). The molecule has 1 aromatic carbocycles. The van der Waals surface area contributed by atoms with Gasteiger partial charge >= 0.3 is 0 Å². The highest BCUT2D eigenvalue weighted by molar-refractivity contribution is 6.00. The molecule has 2 rings (SSSR count). The van der Waals surface area contributed by atoms with Crippen molar-refractivity contribution in [3.63, 3.8) is 0 Å². The number of aliphatic hydroxyl groups is 1. The maximum Gasteiger partial charge on any atom is 0.228 e. The highest BCUT2D eigenvalue weighted by Crippen LogP contribution is 2.33. The number of carbonyl (C=O) groups excluding carboxylic acids is 1. The van der Waals surface area contributed by atoms with Crippen LogP contribution in [0.25, 0.3) is 0 Å². The molecule has 4 N–H and O–H groups in total. The zero-order valence-electron chi connectivity index (χ0n) is 9.86. The molecule has 0 radical (unpaired) electrons. The number of nitrogens with two attached hydrogens (primary N) is 1. The molecule has 0 unspecified atom stereocenters. The fraction of sp³-hybridized carbons (Fsp3) is 0.417. The second-order valence-corrected chi connectivity index (χ2v) is 4.29. The minimum absolute atomic E-state index is 0.00885. The first-order valence-electron chi connectivity index (χ1n) is 5.66. The second kappa shape index (κ2) is 4.63. The van der Waals surface area contributed by atoms with Crippen molar-refractivity contribution in [2.45, 2.75) is 12.8 Å². The molecule has 0 atom stereocenters. The maximum absolute atomic E-state index is 11.3. The number of carbonyl (C=O) groups is 1. The van der Waals surface area contributed by atoms with Gasteiger partial charge in [-0.1, -0.05) is 0 Å².